The lowest BCUT2D eigenvalue weighted by molar-refractivity contribution is -0.134. The molecule has 1 heterocycles. The highest BCUT2D eigenvalue weighted by Gasteiger charge is 2.21. The van der Waals surface area contributed by atoms with Crippen molar-refractivity contribution in [1.29, 1.82) is 0 Å². The second-order valence-corrected chi connectivity index (χ2v) is 7.73. The van der Waals surface area contributed by atoms with E-state index in [1.807, 2.05) is 13.0 Å². The molecule has 0 spiro atoms. The summed E-state index contributed by atoms with van der Waals surface area (Å²) in [5.41, 5.74) is 0.831. The number of carbonyl (C=O) groups excluding carboxylic acids is 3. The molecule has 1 unspecified atom stereocenters. The van der Waals surface area contributed by atoms with E-state index in [4.69, 9.17) is 14.2 Å². The number of hydrogen-bond acceptors (Lipinski definition) is 6. The lowest BCUT2D eigenvalue weighted by atomic mass is 10.1. The molecule has 0 radical (unpaired) electrons. The number of para-hydroxylation sites is 1. The fraction of sp³-hybridized carbons (Fsp3) is 0.400. The molecule has 1 aliphatic rings. The first-order valence-corrected chi connectivity index (χ1v) is 11.2. The molecule has 1 saturated heterocycles. The van der Waals surface area contributed by atoms with E-state index in [1.54, 1.807) is 35.2 Å². The number of hydrogen-bond donors (Lipinski definition) is 1. The maximum Gasteiger partial charge on any atom is 0.339 e. The van der Waals surface area contributed by atoms with E-state index in [9.17, 15) is 14.4 Å². The van der Waals surface area contributed by atoms with Crippen molar-refractivity contribution in [2.45, 2.75) is 39.2 Å². The molecule has 1 atom stereocenters. The number of rotatable bonds is 9. The van der Waals surface area contributed by atoms with Crippen LogP contribution in [0.3, 0.4) is 0 Å². The Kier molecular flexibility index (Phi) is 8.69. The van der Waals surface area contributed by atoms with Crippen LogP contribution in [0.1, 0.15) is 43.5 Å². The molecule has 1 N–H and O–H groups in total. The Morgan fingerprint density at radius 1 is 0.970 bits per heavy atom. The van der Waals surface area contributed by atoms with E-state index in [1.165, 1.54) is 19.1 Å². The number of ether oxygens (including phenoxy) is 3. The lowest BCUT2D eigenvalue weighted by Gasteiger charge is -2.26. The zero-order valence-corrected chi connectivity index (χ0v) is 19.0. The fourth-order valence-electron chi connectivity index (χ4n) is 3.44. The first kappa shape index (κ1) is 24.1. The summed E-state index contributed by atoms with van der Waals surface area (Å²) in [6, 6.07) is 13.5. The van der Waals surface area contributed by atoms with Gasteiger partial charge in [-0.3, -0.25) is 9.59 Å². The van der Waals surface area contributed by atoms with Gasteiger partial charge in [0, 0.05) is 18.8 Å². The van der Waals surface area contributed by atoms with Crippen LogP contribution in [0.4, 0.5) is 5.69 Å². The van der Waals surface area contributed by atoms with Gasteiger partial charge in [0.1, 0.15) is 0 Å². The van der Waals surface area contributed by atoms with E-state index >= 15 is 0 Å². The molecule has 8 nitrogen and oxygen atoms in total. The van der Waals surface area contributed by atoms with Crippen molar-refractivity contribution in [2.24, 2.45) is 0 Å². The number of likely N-dealkylation sites (tertiary alicyclic amines) is 1. The zero-order valence-electron chi connectivity index (χ0n) is 19.0. The molecule has 0 bridgehead atoms. The van der Waals surface area contributed by atoms with E-state index < -0.39 is 18.0 Å². The number of carbonyl (C=O) groups is 3. The average molecular weight is 455 g/mol. The summed E-state index contributed by atoms with van der Waals surface area (Å²) in [5.74, 6) is -0.467. The summed E-state index contributed by atoms with van der Waals surface area (Å²) in [6.45, 7) is 5.07. The summed E-state index contributed by atoms with van der Waals surface area (Å²) in [4.78, 5) is 39.1. The Hall–Kier alpha value is -3.55. The average Bonchev–Trinajstić information content (AvgIpc) is 2.84. The van der Waals surface area contributed by atoms with Crippen molar-refractivity contribution in [3.8, 4) is 11.5 Å². The van der Waals surface area contributed by atoms with Crippen molar-refractivity contribution in [1.82, 2.24) is 4.90 Å². The molecule has 0 aliphatic carbocycles. The summed E-state index contributed by atoms with van der Waals surface area (Å²) in [7, 11) is 0. The van der Waals surface area contributed by atoms with Gasteiger partial charge in [0.2, 0.25) is 0 Å². The molecule has 2 amide bonds. The smallest absolute Gasteiger partial charge is 0.339 e. The second kappa shape index (κ2) is 11.9. The normalized spacial score (nSPS) is 14.2. The Morgan fingerprint density at radius 3 is 2.39 bits per heavy atom. The Morgan fingerprint density at radius 2 is 1.70 bits per heavy atom. The van der Waals surface area contributed by atoms with Gasteiger partial charge in [-0.1, -0.05) is 18.2 Å². The minimum Gasteiger partial charge on any atom is -0.490 e. The number of benzene rings is 2. The molecule has 0 saturated carbocycles. The molecule has 3 rings (SSSR count). The van der Waals surface area contributed by atoms with Crippen molar-refractivity contribution in [3.05, 3.63) is 54.1 Å². The highest BCUT2D eigenvalue weighted by Crippen LogP contribution is 2.29. The monoisotopic (exact) mass is 454 g/mol. The number of piperidine rings is 1. The van der Waals surface area contributed by atoms with Crippen LogP contribution in [0, 0.1) is 0 Å². The van der Waals surface area contributed by atoms with Gasteiger partial charge in [-0.25, -0.2) is 4.79 Å². The van der Waals surface area contributed by atoms with Crippen LogP contribution in [-0.2, 0) is 14.3 Å². The van der Waals surface area contributed by atoms with Crippen LogP contribution in [0.2, 0.25) is 0 Å². The molecule has 2 aromatic rings. The highest BCUT2D eigenvalue weighted by molar-refractivity contribution is 5.97. The Balaban J connectivity index is 1.60. The van der Waals surface area contributed by atoms with E-state index in [2.05, 4.69) is 5.32 Å². The van der Waals surface area contributed by atoms with Gasteiger partial charge in [0.25, 0.3) is 11.8 Å². The van der Waals surface area contributed by atoms with Crippen molar-refractivity contribution in [3.63, 3.8) is 0 Å². The van der Waals surface area contributed by atoms with Gasteiger partial charge in [0.15, 0.2) is 24.2 Å². The van der Waals surface area contributed by atoms with Crippen LogP contribution < -0.4 is 14.8 Å². The third-order valence-electron chi connectivity index (χ3n) is 5.23. The van der Waals surface area contributed by atoms with Gasteiger partial charge in [-0.05, 0) is 63.4 Å². The highest BCUT2D eigenvalue weighted by atomic mass is 16.5. The molecule has 176 valence electrons. The van der Waals surface area contributed by atoms with Crippen molar-refractivity contribution >= 4 is 23.5 Å². The van der Waals surface area contributed by atoms with Crippen molar-refractivity contribution in [2.75, 3.05) is 31.6 Å². The predicted octanol–water partition coefficient (Wildman–Crippen LogP) is 3.66. The topological polar surface area (TPSA) is 94.2 Å². The summed E-state index contributed by atoms with van der Waals surface area (Å²) in [5, 5.41) is 2.70. The molecule has 8 heteroatoms. The number of amides is 2. The lowest BCUT2D eigenvalue weighted by Crippen LogP contribution is -2.38. The molecule has 1 aliphatic heterocycles. The van der Waals surface area contributed by atoms with Crippen LogP contribution in [0.5, 0.6) is 11.5 Å². The van der Waals surface area contributed by atoms with Crippen LogP contribution in [0.25, 0.3) is 0 Å². The second-order valence-electron chi connectivity index (χ2n) is 7.73. The van der Waals surface area contributed by atoms with E-state index in [0.717, 1.165) is 32.4 Å². The molecule has 2 aromatic carbocycles. The van der Waals surface area contributed by atoms with Crippen molar-refractivity contribution < 1.29 is 28.6 Å². The predicted molar refractivity (Wildman–Crippen MR) is 123 cm³/mol. The van der Waals surface area contributed by atoms with Gasteiger partial charge < -0.3 is 24.4 Å². The summed E-state index contributed by atoms with van der Waals surface area (Å²) in [6.07, 6.45) is 2.16. The molecular weight excluding hydrogens is 424 g/mol. The van der Waals surface area contributed by atoms with E-state index in [-0.39, 0.29) is 18.1 Å². The van der Waals surface area contributed by atoms with Gasteiger partial charge in [0.05, 0.1) is 12.2 Å². The standard InChI is InChI=1S/C25H30N2O6/c1-3-31-22-16-19(12-13-21(22)32-17-23(28)27-14-8-5-9-15-27)25(30)33-18(2)24(29)26-20-10-6-4-7-11-20/h4,6-7,10-13,16,18H,3,5,8-9,14-15,17H2,1-2H3,(H,26,29). The third kappa shape index (κ3) is 6.97. The van der Waals surface area contributed by atoms with Gasteiger partial charge >= 0.3 is 5.97 Å². The van der Waals surface area contributed by atoms with Crippen LogP contribution >= 0.6 is 0 Å². The molecule has 1 fully saturated rings. The SMILES string of the molecule is CCOc1cc(C(=O)OC(C)C(=O)Nc2ccccc2)ccc1OCC(=O)N1CCCCC1. The fourth-order valence-corrected chi connectivity index (χ4v) is 3.44. The minimum atomic E-state index is -0.994. The minimum absolute atomic E-state index is 0.0705. The zero-order chi connectivity index (χ0) is 23.6. The maximum absolute atomic E-state index is 12.6. The molecular formula is C25H30N2O6. The Labute approximate surface area is 193 Å². The molecule has 0 aromatic heterocycles. The maximum atomic E-state index is 12.6. The largest absolute Gasteiger partial charge is 0.490 e. The number of nitrogens with one attached hydrogen (secondary N) is 1. The van der Waals surface area contributed by atoms with Gasteiger partial charge in [-0.15, -0.1) is 0 Å². The number of nitrogens with zero attached hydrogens (tertiary/aromatic N) is 1. The first-order valence-electron chi connectivity index (χ1n) is 11.2. The number of esters is 1. The van der Waals surface area contributed by atoms with E-state index in [0.29, 0.717) is 23.8 Å². The van der Waals surface area contributed by atoms with Gasteiger partial charge in [-0.2, -0.15) is 0 Å². The van der Waals surface area contributed by atoms with Crippen LogP contribution in [-0.4, -0.2) is 55.1 Å². The third-order valence-corrected chi connectivity index (χ3v) is 5.23. The van der Waals surface area contributed by atoms with Crippen LogP contribution in [0.15, 0.2) is 48.5 Å². The number of anilines is 1. The Bertz CT molecular complexity index is 957. The summed E-state index contributed by atoms with van der Waals surface area (Å²) < 4.78 is 16.6. The summed E-state index contributed by atoms with van der Waals surface area (Å²) >= 11 is 0. The quantitative estimate of drug-likeness (QED) is 0.581. The first-order chi connectivity index (χ1) is 16.0. The molecule has 33 heavy (non-hydrogen) atoms.